The molecule has 0 aliphatic heterocycles. The molecule has 0 unspecified atom stereocenters. The first-order valence-electron chi connectivity index (χ1n) is 1.25. The first-order chi connectivity index (χ1) is 2.00. The number of hydrogen-bond donors (Lipinski definition) is 0. The predicted octanol–water partition coefficient (Wildman–Crippen LogP) is 2.08. The fraction of sp³-hybridized carbons (Fsp3) is 1.00. The highest BCUT2D eigenvalue weighted by molar-refractivity contribution is 14.2. The first-order valence-corrected chi connectivity index (χ1v) is 7.73. The maximum atomic E-state index is 4.92. The SMILES string of the molecule is CP(C)(=S)I. The van der Waals surface area contributed by atoms with Gasteiger partial charge in [-0.25, -0.2) is 0 Å². The van der Waals surface area contributed by atoms with Gasteiger partial charge in [-0.05, 0) is 35.4 Å². The molecule has 0 N–H and O–H groups in total. The molecule has 5 heavy (non-hydrogen) atoms. The van der Waals surface area contributed by atoms with Crippen LogP contribution in [0.4, 0.5) is 0 Å². The molecule has 0 saturated carbocycles. The van der Waals surface area contributed by atoms with Gasteiger partial charge in [0.05, 0.1) is 0 Å². The summed E-state index contributed by atoms with van der Waals surface area (Å²) in [6.45, 7) is 4.20. The van der Waals surface area contributed by atoms with Crippen LogP contribution in [0.3, 0.4) is 0 Å². The van der Waals surface area contributed by atoms with E-state index in [-0.39, 0.29) is 0 Å². The summed E-state index contributed by atoms with van der Waals surface area (Å²) in [6, 6.07) is 0. The Morgan fingerprint density at radius 1 is 1.60 bits per heavy atom. The van der Waals surface area contributed by atoms with Crippen molar-refractivity contribution in [1.82, 2.24) is 0 Å². The molecule has 0 atom stereocenters. The van der Waals surface area contributed by atoms with Crippen LogP contribution in [0.1, 0.15) is 0 Å². The van der Waals surface area contributed by atoms with Crippen LogP contribution in [0.2, 0.25) is 0 Å². The van der Waals surface area contributed by atoms with Gasteiger partial charge >= 0.3 is 0 Å². The summed E-state index contributed by atoms with van der Waals surface area (Å²) in [7, 11) is 0. The van der Waals surface area contributed by atoms with Crippen LogP contribution in [0, 0.1) is 0 Å². The van der Waals surface area contributed by atoms with Crippen LogP contribution in [0.25, 0.3) is 0 Å². The minimum atomic E-state index is -0.836. The van der Waals surface area contributed by atoms with Crippen LogP contribution in [-0.4, -0.2) is 13.3 Å². The van der Waals surface area contributed by atoms with Gasteiger partial charge in [0.15, 0.2) is 0 Å². The molecule has 0 radical (unpaired) electrons. The highest BCUT2D eigenvalue weighted by Crippen LogP contribution is 2.46. The van der Waals surface area contributed by atoms with Crippen molar-refractivity contribution in [2.24, 2.45) is 0 Å². The van der Waals surface area contributed by atoms with Crippen molar-refractivity contribution in [3.63, 3.8) is 0 Å². The van der Waals surface area contributed by atoms with Crippen molar-refractivity contribution in [2.45, 2.75) is 0 Å². The van der Waals surface area contributed by atoms with Crippen LogP contribution in [-0.2, 0) is 11.8 Å². The summed E-state index contributed by atoms with van der Waals surface area (Å²) >= 11 is 7.23. The summed E-state index contributed by atoms with van der Waals surface area (Å²) in [5, 5.41) is 0. The third kappa shape index (κ3) is 32.3. The van der Waals surface area contributed by atoms with Crippen LogP contribution < -0.4 is 0 Å². The van der Waals surface area contributed by atoms with Gasteiger partial charge in [-0.2, -0.15) is 0 Å². The van der Waals surface area contributed by atoms with Gasteiger partial charge in [0.2, 0.25) is 0 Å². The zero-order valence-electron chi connectivity index (χ0n) is 3.23. The highest BCUT2D eigenvalue weighted by Gasteiger charge is 1.86. The number of rotatable bonds is 0. The molecule has 0 aromatic heterocycles. The molecular weight excluding hydrogens is 214 g/mol. The summed E-state index contributed by atoms with van der Waals surface area (Å²) in [6.07, 6.45) is 0. The maximum Gasteiger partial charge on any atom is 0.00711 e. The van der Waals surface area contributed by atoms with Crippen molar-refractivity contribution >= 4 is 37.5 Å². The van der Waals surface area contributed by atoms with Crippen molar-refractivity contribution in [2.75, 3.05) is 13.3 Å². The van der Waals surface area contributed by atoms with Gasteiger partial charge in [-0.3, -0.25) is 0 Å². The predicted molar refractivity (Wildman–Crippen MR) is 40.2 cm³/mol. The summed E-state index contributed by atoms with van der Waals surface area (Å²) in [5.41, 5.74) is 0. The Morgan fingerprint density at radius 2 is 1.60 bits per heavy atom. The molecule has 0 saturated heterocycles. The lowest BCUT2D eigenvalue weighted by Crippen LogP contribution is -1.47. The van der Waals surface area contributed by atoms with Crippen LogP contribution in [0.5, 0.6) is 0 Å². The molecule has 0 amide bonds. The zero-order chi connectivity index (χ0) is 4.50. The minimum Gasteiger partial charge on any atom is -0.0869 e. The van der Waals surface area contributed by atoms with E-state index >= 15 is 0 Å². The Bertz CT molecular complexity index is 55.8. The Morgan fingerprint density at radius 3 is 1.60 bits per heavy atom. The molecule has 0 aromatic rings. The zero-order valence-corrected chi connectivity index (χ0v) is 7.10. The fourth-order valence-corrected chi connectivity index (χ4v) is 0. The van der Waals surface area contributed by atoms with Gasteiger partial charge in [0.1, 0.15) is 0 Å². The molecule has 0 aromatic carbocycles. The first kappa shape index (κ1) is 6.38. The second-order valence-electron chi connectivity index (χ2n) is 1.22. The summed E-state index contributed by atoms with van der Waals surface area (Å²) < 4.78 is -0.836. The van der Waals surface area contributed by atoms with Crippen molar-refractivity contribution in [1.29, 1.82) is 0 Å². The largest absolute Gasteiger partial charge is 0.0869 e. The van der Waals surface area contributed by atoms with E-state index in [1.54, 1.807) is 0 Å². The van der Waals surface area contributed by atoms with E-state index < -0.39 is 3.68 Å². The fourth-order valence-electron chi connectivity index (χ4n) is 0. The second-order valence-corrected chi connectivity index (χ2v) is 15.6. The minimum absolute atomic E-state index is 0.836. The quantitative estimate of drug-likeness (QED) is 0.444. The molecule has 0 aliphatic carbocycles. The van der Waals surface area contributed by atoms with E-state index in [1.807, 2.05) is 0 Å². The van der Waals surface area contributed by atoms with E-state index in [4.69, 9.17) is 11.8 Å². The molecule has 0 rings (SSSR count). The molecule has 0 heterocycles. The molecule has 0 aliphatic rings. The Hall–Kier alpha value is 1.38. The number of hydrogen-bond acceptors (Lipinski definition) is 1. The molecular formula is C2H6IPS. The molecule has 3 heteroatoms. The molecule has 32 valence electrons. The Labute approximate surface area is 50.8 Å². The van der Waals surface area contributed by atoms with Crippen LogP contribution >= 0.6 is 25.7 Å². The maximum absolute atomic E-state index is 4.92. The Balaban J connectivity index is 3.47. The second kappa shape index (κ2) is 1.90. The third-order valence-electron chi connectivity index (χ3n) is 0. The molecule has 0 bridgehead atoms. The topological polar surface area (TPSA) is 0 Å². The molecule has 0 spiro atoms. The normalized spacial score (nSPS) is 11.8. The van der Waals surface area contributed by atoms with Crippen molar-refractivity contribution in [3.05, 3.63) is 0 Å². The standard InChI is InChI=1S/C2H6IPS/c1-4(2,3)5/h1-2H3. The van der Waals surface area contributed by atoms with E-state index in [0.29, 0.717) is 0 Å². The molecule has 0 nitrogen and oxygen atoms in total. The number of halogens is 1. The molecule has 0 fully saturated rings. The van der Waals surface area contributed by atoms with E-state index in [0.717, 1.165) is 0 Å². The highest BCUT2D eigenvalue weighted by atomic mass is 127. The summed E-state index contributed by atoms with van der Waals surface area (Å²) in [4.78, 5) is 0. The summed E-state index contributed by atoms with van der Waals surface area (Å²) in [5.74, 6) is 0. The lowest BCUT2D eigenvalue weighted by atomic mass is 11.9. The van der Waals surface area contributed by atoms with Gasteiger partial charge in [-0.1, -0.05) is 11.8 Å². The van der Waals surface area contributed by atoms with Gasteiger partial charge in [0, 0.05) is 3.68 Å². The van der Waals surface area contributed by atoms with Crippen molar-refractivity contribution < 1.29 is 0 Å². The lowest BCUT2D eigenvalue weighted by Gasteiger charge is -1.89. The van der Waals surface area contributed by atoms with Crippen molar-refractivity contribution in [3.8, 4) is 0 Å². The average Bonchev–Trinajstić information content (AvgIpc) is 0.722. The van der Waals surface area contributed by atoms with E-state index in [9.17, 15) is 0 Å². The van der Waals surface area contributed by atoms with E-state index in [2.05, 4.69) is 35.4 Å². The van der Waals surface area contributed by atoms with Gasteiger partial charge < -0.3 is 0 Å². The van der Waals surface area contributed by atoms with E-state index in [1.165, 1.54) is 0 Å². The smallest absolute Gasteiger partial charge is 0.00711 e. The average molecular weight is 220 g/mol. The van der Waals surface area contributed by atoms with Gasteiger partial charge in [-0.15, -0.1) is 0 Å². The Kier molecular flexibility index (Phi) is 2.42. The third-order valence-corrected chi connectivity index (χ3v) is 0. The van der Waals surface area contributed by atoms with Crippen LogP contribution in [0.15, 0.2) is 0 Å². The lowest BCUT2D eigenvalue weighted by molar-refractivity contribution is 2.30. The monoisotopic (exact) mass is 220 g/mol. The van der Waals surface area contributed by atoms with Gasteiger partial charge in [0.25, 0.3) is 0 Å².